The van der Waals surface area contributed by atoms with Gasteiger partial charge in [-0.15, -0.1) is 0 Å². The lowest BCUT2D eigenvalue weighted by molar-refractivity contribution is -0.0586. The first kappa shape index (κ1) is 21.0. The van der Waals surface area contributed by atoms with E-state index in [0.717, 1.165) is 17.8 Å². The third kappa shape index (κ3) is 3.51. The number of fused-ring (bicyclic) bond motifs is 1. The third-order valence-electron chi connectivity index (χ3n) is 9.59. The topological polar surface area (TPSA) is 0 Å². The quantitative estimate of drug-likeness (QED) is 0.417. The Morgan fingerprint density at radius 1 is 0.839 bits per heavy atom. The van der Waals surface area contributed by atoms with Gasteiger partial charge in [0, 0.05) is 5.41 Å². The van der Waals surface area contributed by atoms with E-state index in [4.69, 9.17) is 0 Å². The molecule has 0 radical (unpaired) electrons. The van der Waals surface area contributed by atoms with Crippen molar-refractivity contribution >= 4 is 0 Å². The van der Waals surface area contributed by atoms with E-state index in [1.807, 2.05) is 0 Å². The molecule has 0 nitrogen and oxygen atoms in total. The smallest absolute Gasteiger partial charge is 0.0268 e. The van der Waals surface area contributed by atoms with Gasteiger partial charge in [-0.05, 0) is 66.4 Å². The Kier molecular flexibility index (Phi) is 5.61. The van der Waals surface area contributed by atoms with Crippen LogP contribution in [0.4, 0.5) is 0 Å². The zero-order chi connectivity index (χ0) is 21.5. The predicted octanol–water partition coefficient (Wildman–Crippen LogP) is 8.57. The van der Waals surface area contributed by atoms with E-state index in [1.54, 1.807) is 5.57 Å². The molecule has 2 saturated carbocycles. The molecule has 4 aliphatic carbocycles. The second-order valence-electron chi connectivity index (χ2n) is 11.4. The third-order valence-corrected chi connectivity index (χ3v) is 9.59. The van der Waals surface area contributed by atoms with Crippen molar-refractivity contribution in [2.45, 2.75) is 77.6 Å². The minimum atomic E-state index is 0.0779. The minimum Gasteiger partial charge on any atom is -0.0807 e. The summed E-state index contributed by atoms with van der Waals surface area (Å²) in [4.78, 5) is 0. The van der Waals surface area contributed by atoms with Crippen LogP contribution < -0.4 is 0 Å². The molecule has 0 heteroatoms. The Morgan fingerprint density at radius 2 is 1.42 bits per heavy atom. The van der Waals surface area contributed by atoms with Crippen LogP contribution in [0.1, 0.15) is 83.3 Å². The van der Waals surface area contributed by atoms with E-state index in [-0.39, 0.29) is 5.41 Å². The fourth-order valence-electron chi connectivity index (χ4n) is 7.73. The largest absolute Gasteiger partial charge is 0.0807 e. The van der Waals surface area contributed by atoms with E-state index in [1.165, 1.54) is 62.5 Å². The molecular formula is C31H40. The monoisotopic (exact) mass is 412 g/mol. The van der Waals surface area contributed by atoms with Gasteiger partial charge in [-0.3, -0.25) is 0 Å². The average Bonchev–Trinajstić information content (AvgIpc) is 2.81. The standard InChI is InChI=1S/C31H40/c1-23-21-29(28-22-27(23)30(28,2)3)31(25-15-9-5-10-16-25,26-17-11-6-12-18-26)20-19-24-13-7-4-8-14-24/h5-6,9-12,15-18,21,24,27-29H,4,7-8,13-14,19-20,22H2,1-3H3/t27-,28+,29+/m0/s1. The van der Waals surface area contributed by atoms with Crippen LogP contribution in [0.15, 0.2) is 72.3 Å². The van der Waals surface area contributed by atoms with Gasteiger partial charge in [-0.2, -0.15) is 0 Å². The second-order valence-corrected chi connectivity index (χ2v) is 11.4. The zero-order valence-corrected chi connectivity index (χ0v) is 19.8. The highest BCUT2D eigenvalue weighted by Gasteiger charge is 2.59. The Morgan fingerprint density at radius 3 is 1.94 bits per heavy atom. The van der Waals surface area contributed by atoms with Gasteiger partial charge in [0.15, 0.2) is 0 Å². The van der Waals surface area contributed by atoms with Crippen LogP contribution in [0.2, 0.25) is 0 Å². The number of allylic oxidation sites excluding steroid dienone is 2. The zero-order valence-electron chi connectivity index (χ0n) is 19.8. The Hall–Kier alpha value is -1.82. The molecule has 2 bridgehead atoms. The van der Waals surface area contributed by atoms with Crippen molar-refractivity contribution in [3.63, 3.8) is 0 Å². The maximum Gasteiger partial charge on any atom is 0.0268 e. The molecule has 0 amide bonds. The summed E-state index contributed by atoms with van der Waals surface area (Å²) < 4.78 is 0. The van der Waals surface area contributed by atoms with Crippen molar-refractivity contribution < 1.29 is 0 Å². The summed E-state index contributed by atoms with van der Waals surface area (Å²) in [5.41, 5.74) is 5.21. The van der Waals surface area contributed by atoms with Gasteiger partial charge in [0.2, 0.25) is 0 Å². The van der Waals surface area contributed by atoms with E-state index < -0.39 is 0 Å². The van der Waals surface area contributed by atoms with Crippen LogP contribution in [-0.2, 0) is 5.41 Å². The average molecular weight is 413 g/mol. The second kappa shape index (κ2) is 8.27. The summed E-state index contributed by atoms with van der Waals surface area (Å²) in [5, 5.41) is 0. The molecule has 0 spiro atoms. The van der Waals surface area contributed by atoms with E-state index in [0.29, 0.717) is 11.3 Å². The van der Waals surface area contributed by atoms with E-state index in [2.05, 4.69) is 87.5 Å². The summed E-state index contributed by atoms with van der Waals surface area (Å²) in [6, 6.07) is 23.1. The van der Waals surface area contributed by atoms with Gasteiger partial charge in [-0.1, -0.05) is 118 Å². The first-order valence-electron chi connectivity index (χ1n) is 12.8. The minimum absolute atomic E-state index is 0.0779. The number of hydrogen-bond donors (Lipinski definition) is 0. The van der Waals surface area contributed by atoms with Crippen molar-refractivity contribution in [2.75, 3.05) is 0 Å². The number of hydrogen-bond acceptors (Lipinski definition) is 0. The highest BCUT2D eigenvalue weighted by Crippen LogP contribution is 2.66. The normalized spacial score (nSPS) is 28.0. The SMILES string of the molecule is CC1=C[C@@H](C(CCC2CCCCC2)(c2ccccc2)c2ccccc2)[C@H]2C[C@@H]1C2(C)C. The van der Waals surface area contributed by atoms with Crippen molar-refractivity contribution in [2.24, 2.45) is 29.1 Å². The lowest BCUT2D eigenvalue weighted by atomic mass is 9.41. The molecule has 2 fully saturated rings. The molecule has 2 aromatic carbocycles. The summed E-state index contributed by atoms with van der Waals surface area (Å²) in [5.74, 6) is 3.06. The van der Waals surface area contributed by atoms with Crippen LogP contribution in [0.25, 0.3) is 0 Å². The lowest BCUT2D eigenvalue weighted by Gasteiger charge is -2.63. The van der Waals surface area contributed by atoms with E-state index >= 15 is 0 Å². The summed E-state index contributed by atoms with van der Waals surface area (Å²) >= 11 is 0. The molecule has 6 rings (SSSR count). The predicted molar refractivity (Wildman–Crippen MR) is 132 cm³/mol. The van der Waals surface area contributed by atoms with E-state index in [9.17, 15) is 0 Å². The molecule has 164 valence electrons. The molecule has 0 aliphatic heterocycles. The van der Waals surface area contributed by atoms with Crippen molar-refractivity contribution in [1.29, 1.82) is 0 Å². The molecule has 3 atom stereocenters. The molecule has 31 heavy (non-hydrogen) atoms. The Bertz CT molecular complexity index is 858. The van der Waals surface area contributed by atoms with Crippen LogP contribution in [0.3, 0.4) is 0 Å². The highest BCUT2D eigenvalue weighted by molar-refractivity contribution is 5.44. The Balaban J connectivity index is 1.64. The molecule has 0 heterocycles. The summed E-state index contributed by atoms with van der Waals surface area (Å²) in [7, 11) is 0. The number of benzene rings is 2. The van der Waals surface area contributed by atoms with Gasteiger partial charge in [-0.25, -0.2) is 0 Å². The molecule has 0 aromatic heterocycles. The van der Waals surface area contributed by atoms with Gasteiger partial charge in [0.05, 0.1) is 0 Å². The van der Waals surface area contributed by atoms with Gasteiger partial charge in [0.25, 0.3) is 0 Å². The van der Waals surface area contributed by atoms with Crippen LogP contribution in [0, 0.1) is 29.1 Å². The highest BCUT2D eigenvalue weighted by atomic mass is 14.6. The Labute approximate surface area is 190 Å². The van der Waals surface area contributed by atoms with Crippen LogP contribution in [-0.4, -0.2) is 0 Å². The van der Waals surface area contributed by atoms with Crippen LogP contribution >= 0.6 is 0 Å². The number of rotatable bonds is 6. The first-order chi connectivity index (χ1) is 15.0. The fourth-order valence-corrected chi connectivity index (χ4v) is 7.73. The fraction of sp³-hybridized carbons (Fsp3) is 0.548. The van der Waals surface area contributed by atoms with Gasteiger partial charge >= 0.3 is 0 Å². The lowest BCUT2D eigenvalue weighted by Crippen LogP contribution is -2.57. The molecular weight excluding hydrogens is 372 g/mol. The van der Waals surface area contributed by atoms with Gasteiger partial charge in [0.1, 0.15) is 0 Å². The molecule has 2 aromatic rings. The molecule has 0 saturated heterocycles. The maximum absolute atomic E-state index is 2.71. The first-order valence-corrected chi connectivity index (χ1v) is 12.8. The van der Waals surface area contributed by atoms with Crippen molar-refractivity contribution in [3.05, 3.63) is 83.4 Å². The molecule has 4 aliphatic rings. The summed E-state index contributed by atoms with van der Waals surface area (Å²) in [6.07, 6.45) is 13.9. The molecule has 0 unspecified atom stereocenters. The molecule has 0 N–H and O–H groups in total. The van der Waals surface area contributed by atoms with Crippen molar-refractivity contribution in [3.8, 4) is 0 Å². The van der Waals surface area contributed by atoms with Gasteiger partial charge < -0.3 is 0 Å². The maximum atomic E-state index is 2.71. The van der Waals surface area contributed by atoms with Crippen LogP contribution in [0.5, 0.6) is 0 Å². The van der Waals surface area contributed by atoms with Crippen molar-refractivity contribution in [1.82, 2.24) is 0 Å². The summed E-state index contributed by atoms with van der Waals surface area (Å²) in [6.45, 7) is 7.49.